The SMILES string of the molecule is Cc1[c]c2cc(Cl)ccc2n1C(C)C. The van der Waals surface area contributed by atoms with E-state index in [2.05, 4.69) is 37.5 Å². The van der Waals surface area contributed by atoms with Crippen molar-refractivity contribution in [3.05, 3.63) is 35.0 Å². The molecule has 0 saturated carbocycles. The minimum atomic E-state index is 0.463. The summed E-state index contributed by atoms with van der Waals surface area (Å²) in [5.41, 5.74) is 2.37. The predicted octanol–water partition coefficient (Wildman–Crippen LogP) is 3.98. The van der Waals surface area contributed by atoms with E-state index in [9.17, 15) is 0 Å². The first-order valence-corrected chi connectivity index (χ1v) is 5.17. The molecule has 0 aliphatic rings. The normalized spacial score (nSPS) is 11.5. The van der Waals surface area contributed by atoms with E-state index in [4.69, 9.17) is 11.6 Å². The topological polar surface area (TPSA) is 4.93 Å². The van der Waals surface area contributed by atoms with E-state index in [0.29, 0.717) is 6.04 Å². The summed E-state index contributed by atoms with van der Waals surface area (Å²) < 4.78 is 2.27. The van der Waals surface area contributed by atoms with Crippen molar-refractivity contribution in [2.75, 3.05) is 0 Å². The Morgan fingerprint density at radius 1 is 1.36 bits per heavy atom. The molecule has 0 amide bonds. The van der Waals surface area contributed by atoms with Gasteiger partial charge in [0.2, 0.25) is 0 Å². The van der Waals surface area contributed by atoms with E-state index < -0.39 is 0 Å². The average molecular weight is 207 g/mol. The highest BCUT2D eigenvalue weighted by atomic mass is 35.5. The average Bonchev–Trinajstić information content (AvgIpc) is 2.39. The van der Waals surface area contributed by atoms with Crippen LogP contribution >= 0.6 is 11.6 Å². The molecule has 1 heterocycles. The molecule has 0 spiro atoms. The molecule has 0 N–H and O–H groups in total. The number of benzene rings is 1. The summed E-state index contributed by atoms with van der Waals surface area (Å²) in [6, 6.07) is 9.74. The highest BCUT2D eigenvalue weighted by Crippen LogP contribution is 2.25. The predicted molar refractivity (Wildman–Crippen MR) is 60.9 cm³/mol. The van der Waals surface area contributed by atoms with Crippen LogP contribution in [0.2, 0.25) is 5.02 Å². The standard InChI is InChI=1S/C12H13ClN/c1-8(2)14-9(3)6-10-7-11(13)4-5-12(10)14/h4-5,7-8H,1-3H3. The van der Waals surface area contributed by atoms with Gasteiger partial charge in [0.05, 0.1) is 0 Å². The third kappa shape index (κ3) is 1.42. The first-order valence-electron chi connectivity index (χ1n) is 4.79. The van der Waals surface area contributed by atoms with Gasteiger partial charge in [0.25, 0.3) is 0 Å². The summed E-state index contributed by atoms with van der Waals surface area (Å²) >= 11 is 5.93. The third-order valence-electron chi connectivity index (χ3n) is 2.41. The number of aryl methyl sites for hydroxylation is 1. The zero-order valence-corrected chi connectivity index (χ0v) is 9.39. The van der Waals surface area contributed by atoms with Crippen LogP contribution in [0.15, 0.2) is 18.2 Å². The molecule has 2 heteroatoms. The Balaban J connectivity index is 2.77. The summed E-state index contributed by atoms with van der Waals surface area (Å²) in [5, 5.41) is 1.87. The fourth-order valence-corrected chi connectivity index (χ4v) is 2.09. The van der Waals surface area contributed by atoms with Gasteiger partial charge >= 0.3 is 0 Å². The van der Waals surface area contributed by atoms with Crippen molar-refractivity contribution in [1.29, 1.82) is 0 Å². The molecule has 2 rings (SSSR count). The lowest BCUT2D eigenvalue weighted by Crippen LogP contribution is -2.01. The van der Waals surface area contributed by atoms with E-state index in [0.717, 1.165) is 16.1 Å². The zero-order valence-electron chi connectivity index (χ0n) is 8.63. The number of nitrogens with zero attached hydrogens (tertiary/aromatic N) is 1. The molecule has 0 saturated heterocycles. The first-order chi connectivity index (χ1) is 6.59. The van der Waals surface area contributed by atoms with Gasteiger partial charge in [0.15, 0.2) is 0 Å². The van der Waals surface area contributed by atoms with Crippen molar-refractivity contribution in [3.8, 4) is 0 Å². The zero-order chi connectivity index (χ0) is 10.3. The van der Waals surface area contributed by atoms with Crippen LogP contribution in [0.3, 0.4) is 0 Å². The Morgan fingerprint density at radius 3 is 2.71 bits per heavy atom. The van der Waals surface area contributed by atoms with Crippen LogP contribution < -0.4 is 0 Å². The molecule has 1 nitrogen and oxygen atoms in total. The number of aromatic nitrogens is 1. The van der Waals surface area contributed by atoms with Crippen molar-refractivity contribution < 1.29 is 0 Å². The molecule has 1 aromatic carbocycles. The highest BCUT2D eigenvalue weighted by Gasteiger charge is 2.08. The number of fused-ring (bicyclic) bond motifs is 1. The van der Waals surface area contributed by atoms with Gasteiger partial charge in [-0.05, 0) is 39.0 Å². The maximum atomic E-state index is 5.93. The smallest absolute Gasteiger partial charge is 0.0492 e. The van der Waals surface area contributed by atoms with Gasteiger partial charge in [-0.3, -0.25) is 0 Å². The van der Waals surface area contributed by atoms with Gasteiger partial charge < -0.3 is 4.57 Å². The summed E-state index contributed by atoms with van der Waals surface area (Å²) in [4.78, 5) is 0. The molecular weight excluding hydrogens is 194 g/mol. The molecule has 1 aromatic heterocycles. The summed E-state index contributed by atoms with van der Waals surface area (Å²) in [5.74, 6) is 0. The molecule has 1 radical (unpaired) electrons. The van der Waals surface area contributed by atoms with Crippen LogP contribution in [0.25, 0.3) is 10.9 Å². The number of hydrogen-bond donors (Lipinski definition) is 0. The molecule has 0 bridgehead atoms. The van der Waals surface area contributed by atoms with E-state index >= 15 is 0 Å². The lowest BCUT2D eigenvalue weighted by Gasteiger charge is -2.11. The van der Waals surface area contributed by atoms with Gasteiger partial charge in [0, 0.05) is 33.7 Å². The van der Waals surface area contributed by atoms with Crippen LogP contribution in [0.4, 0.5) is 0 Å². The van der Waals surface area contributed by atoms with Gasteiger partial charge in [-0.2, -0.15) is 0 Å². The van der Waals surface area contributed by atoms with Gasteiger partial charge in [-0.15, -0.1) is 0 Å². The molecule has 0 aliphatic heterocycles. The molecule has 0 unspecified atom stereocenters. The number of rotatable bonds is 1. The Bertz CT molecular complexity index is 468. The Kier molecular flexibility index (Phi) is 2.28. The van der Waals surface area contributed by atoms with E-state index in [-0.39, 0.29) is 0 Å². The van der Waals surface area contributed by atoms with E-state index in [1.807, 2.05) is 12.1 Å². The molecular formula is C12H13ClN. The lowest BCUT2D eigenvalue weighted by molar-refractivity contribution is 0.607. The fourth-order valence-electron chi connectivity index (χ4n) is 1.92. The van der Waals surface area contributed by atoms with Crippen LogP contribution in [0, 0.1) is 13.0 Å². The summed E-state index contributed by atoms with van der Waals surface area (Å²) in [6.07, 6.45) is 0. The van der Waals surface area contributed by atoms with Crippen LogP contribution in [-0.2, 0) is 0 Å². The van der Waals surface area contributed by atoms with Gasteiger partial charge in [-0.25, -0.2) is 0 Å². The summed E-state index contributed by atoms with van der Waals surface area (Å²) in [7, 11) is 0. The molecule has 0 atom stereocenters. The van der Waals surface area contributed by atoms with Crippen LogP contribution in [-0.4, -0.2) is 4.57 Å². The van der Waals surface area contributed by atoms with Crippen molar-refractivity contribution in [2.45, 2.75) is 26.8 Å². The van der Waals surface area contributed by atoms with E-state index in [1.165, 1.54) is 5.52 Å². The molecule has 14 heavy (non-hydrogen) atoms. The second-order valence-corrected chi connectivity index (χ2v) is 4.27. The quantitative estimate of drug-likeness (QED) is 0.665. The van der Waals surface area contributed by atoms with Crippen LogP contribution in [0.5, 0.6) is 0 Å². The molecule has 0 aliphatic carbocycles. The Morgan fingerprint density at radius 2 is 2.07 bits per heavy atom. The third-order valence-corrected chi connectivity index (χ3v) is 2.65. The van der Waals surface area contributed by atoms with Gasteiger partial charge in [-0.1, -0.05) is 11.6 Å². The lowest BCUT2D eigenvalue weighted by atomic mass is 10.2. The van der Waals surface area contributed by atoms with Crippen LogP contribution in [0.1, 0.15) is 25.6 Å². The molecule has 0 fully saturated rings. The Labute approximate surface area is 89.3 Å². The van der Waals surface area contributed by atoms with Crippen molar-refractivity contribution in [3.63, 3.8) is 0 Å². The number of hydrogen-bond acceptors (Lipinski definition) is 0. The maximum absolute atomic E-state index is 5.93. The summed E-state index contributed by atoms with van der Waals surface area (Å²) in [6.45, 7) is 6.43. The highest BCUT2D eigenvalue weighted by molar-refractivity contribution is 6.31. The number of halogens is 1. The molecule has 2 aromatic rings. The maximum Gasteiger partial charge on any atom is 0.0492 e. The van der Waals surface area contributed by atoms with Crippen molar-refractivity contribution >= 4 is 22.5 Å². The second-order valence-electron chi connectivity index (χ2n) is 3.84. The van der Waals surface area contributed by atoms with E-state index in [1.54, 1.807) is 0 Å². The van der Waals surface area contributed by atoms with Crippen molar-refractivity contribution in [1.82, 2.24) is 4.57 Å². The minimum absolute atomic E-state index is 0.463. The van der Waals surface area contributed by atoms with Crippen molar-refractivity contribution in [2.24, 2.45) is 0 Å². The molecule has 73 valence electrons. The second kappa shape index (κ2) is 3.32. The monoisotopic (exact) mass is 206 g/mol. The minimum Gasteiger partial charge on any atom is -0.342 e. The largest absolute Gasteiger partial charge is 0.342 e. The fraction of sp³-hybridized carbons (Fsp3) is 0.333. The first kappa shape index (κ1) is 9.60. The van der Waals surface area contributed by atoms with Gasteiger partial charge in [0.1, 0.15) is 0 Å². The Hall–Kier alpha value is -0.950.